The summed E-state index contributed by atoms with van der Waals surface area (Å²) < 4.78 is 8.74. The molecule has 0 unspecified atom stereocenters. The van der Waals surface area contributed by atoms with Crippen LogP contribution in [0.3, 0.4) is 0 Å². The molecule has 0 atom stereocenters. The number of fused-ring (bicyclic) bond motifs is 3. The Bertz CT molecular complexity index is 1340. The van der Waals surface area contributed by atoms with Gasteiger partial charge in [0.1, 0.15) is 23.8 Å². The second-order valence-corrected chi connectivity index (χ2v) is 9.88. The largest absolute Gasteiger partial charge is 0.508 e. The predicted molar refractivity (Wildman–Crippen MR) is 139 cm³/mol. The molecule has 0 spiro atoms. The molecule has 0 radical (unpaired) electrons. The maximum absolute atomic E-state index is 9.93. The molecule has 178 valence electrons. The Hall–Kier alpha value is -3.76. The van der Waals surface area contributed by atoms with Gasteiger partial charge in [-0.3, -0.25) is 0 Å². The molecule has 1 N–H and O–H groups in total. The van der Waals surface area contributed by atoms with Crippen molar-refractivity contribution in [1.82, 2.24) is 0 Å². The van der Waals surface area contributed by atoms with Crippen LogP contribution in [0.25, 0.3) is 16.5 Å². The van der Waals surface area contributed by atoms with Crippen LogP contribution in [0.15, 0.2) is 76.6 Å². The van der Waals surface area contributed by atoms with Crippen LogP contribution in [0.5, 0.6) is 11.5 Å². The lowest BCUT2D eigenvalue weighted by atomic mass is 9.81. The van der Waals surface area contributed by atoms with Gasteiger partial charge in [0.2, 0.25) is 5.69 Å². The van der Waals surface area contributed by atoms with Crippen molar-refractivity contribution in [2.45, 2.75) is 51.4 Å². The molecule has 2 heterocycles. The first-order valence-corrected chi connectivity index (χ1v) is 12.4. The highest BCUT2D eigenvalue weighted by molar-refractivity contribution is 6.03. The highest BCUT2D eigenvalue weighted by Gasteiger charge is 2.43. The molecule has 0 aromatic heterocycles. The van der Waals surface area contributed by atoms with Crippen LogP contribution in [0.1, 0.15) is 57.1 Å². The molecule has 2 aromatic rings. The van der Waals surface area contributed by atoms with E-state index in [9.17, 15) is 5.11 Å². The van der Waals surface area contributed by atoms with Crippen LogP contribution in [-0.2, 0) is 5.41 Å². The number of nitrogens with zero attached hydrogens (tertiary/aromatic N) is 4. The van der Waals surface area contributed by atoms with E-state index in [1.165, 1.54) is 28.1 Å². The monoisotopic (exact) mass is 467 g/mol. The summed E-state index contributed by atoms with van der Waals surface area (Å²) in [6.07, 6.45) is 11.6. The van der Waals surface area contributed by atoms with Gasteiger partial charge in [0, 0.05) is 47.2 Å². The van der Waals surface area contributed by atoms with Crippen LogP contribution >= 0.6 is 0 Å². The lowest BCUT2D eigenvalue weighted by Gasteiger charge is -2.26. The number of phenols is 1. The van der Waals surface area contributed by atoms with E-state index in [0.717, 1.165) is 50.0 Å². The molecule has 3 aliphatic rings. The van der Waals surface area contributed by atoms with Crippen molar-refractivity contribution in [2.75, 3.05) is 13.1 Å². The molecule has 1 aliphatic carbocycles. The van der Waals surface area contributed by atoms with Crippen molar-refractivity contribution < 1.29 is 14.4 Å². The smallest absolute Gasteiger partial charge is 0.209 e. The number of azide groups is 1. The number of unbranched alkanes of at least 4 members (excludes halogenated alkanes) is 1. The molecule has 6 nitrogen and oxygen atoms in total. The maximum Gasteiger partial charge on any atom is 0.209 e. The van der Waals surface area contributed by atoms with Gasteiger partial charge in [-0.2, -0.15) is 4.58 Å². The van der Waals surface area contributed by atoms with Gasteiger partial charge >= 0.3 is 0 Å². The van der Waals surface area contributed by atoms with Gasteiger partial charge < -0.3 is 9.84 Å². The zero-order valence-corrected chi connectivity index (χ0v) is 20.4. The summed E-state index contributed by atoms with van der Waals surface area (Å²) in [5.74, 6) is 1.85. The third kappa shape index (κ3) is 4.38. The van der Waals surface area contributed by atoms with Gasteiger partial charge in [-0.1, -0.05) is 23.3 Å². The second-order valence-electron chi connectivity index (χ2n) is 9.88. The van der Waals surface area contributed by atoms with Crippen LogP contribution in [0, 0.1) is 0 Å². The van der Waals surface area contributed by atoms with E-state index < -0.39 is 0 Å². The Morgan fingerprint density at radius 3 is 2.86 bits per heavy atom. The van der Waals surface area contributed by atoms with Gasteiger partial charge in [0.05, 0.1) is 5.41 Å². The number of hydrogen-bond donors (Lipinski definition) is 1. The van der Waals surface area contributed by atoms with Gasteiger partial charge in [-0.15, -0.1) is 0 Å². The summed E-state index contributed by atoms with van der Waals surface area (Å²) in [5, 5.41) is 13.6. The number of allylic oxidation sites excluding steroid dienone is 4. The average Bonchev–Trinajstić information content (AvgIpc) is 3.07. The summed E-state index contributed by atoms with van der Waals surface area (Å²) >= 11 is 0. The van der Waals surface area contributed by atoms with Crippen LogP contribution in [-0.4, -0.2) is 28.5 Å². The van der Waals surface area contributed by atoms with Crippen molar-refractivity contribution in [3.8, 4) is 11.5 Å². The van der Waals surface area contributed by atoms with Crippen molar-refractivity contribution in [3.05, 3.63) is 93.1 Å². The Balaban J connectivity index is 1.50. The third-order valence-electron chi connectivity index (χ3n) is 7.21. The van der Waals surface area contributed by atoms with Gasteiger partial charge in [-0.05, 0) is 80.5 Å². The highest BCUT2D eigenvalue weighted by Crippen LogP contribution is 2.42. The van der Waals surface area contributed by atoms with Crippen molar-refractivity contribution in [1.29, 1.82) is 0 Å². The topological polar surface area (TPSA) is 81.2 Å². The summed E-state index contributed by atoms with van der Waals surface area (Å²) in [4.78, 5) is 2.87. The highest BCUT2D eigenvalue weighted by atomic mass is 16.5. The summed E-state index contributed by atoms with van der Waals surface area (Å²) in [5.41, 5.74) is 15.7. The van der Waals surface area contributed by atoms with Crippen molar-refractivity contribution in [3.63, 3.8) is 0 Å². The fourth-order valence-corrected chi connectivity index (χ4v) is 5.42. The molecule has 6 heteroatoms. The molecule has 35 heavy (non-hydrogen) atoms. The van der Waals surface area contributed by atoms with E-state index in [0.29, 0.717) is 12.3 Å². The number of phenolic OH excluding ortho intramolecular Hbond substituents is 1. The van der Waals surface area contributed by atoms with E-state index in [1.807, 2.05) is 6.07 Å². The Kier molecular flexibility index (Phi) is 6.23. The SMILES string of the molecule is CC1(C)C(/C=C/C2=C3Oc4cc(O)ccc4C=C3CCC2)=[N+](CCCCN=[N+]=[N-])c2ccccc21. The molecular formula is C29H31N4O2+. The van der Waals surface area contributed by atoms with Crippen LogP contribution < -0.4 is 4.74 Å². The van der Waals surface area contributed by atoms with Gasteiger partial charge in [-0.25, -0.2) is 0 Å². The Labute approximate surface area is 206 Å². The molecule has 2 aliphatic heterocycles. The molecule has 0 bridgehead atoms. The van der Waals surface area contributed by atoms with E-state index in [2.05, 4.69) is 70.9 Å². The first-order chi connectivity index (χ1) is 17.0. The quantitative estimate of drug-likeness (QED) is 0.152. The Morgan fingerprint density at radius 1 is 1.14 bits per heavy atom. The molecule has 0 amide bonds. The molecular weight excluding hydrogens is 436 g/mol. The predicted octanol–water partition coefficient (Wildman–Crippen LogP) is 7.33. The fourth-order valence-electron chi connectivity index (χ4n) is 5.42. The molecule has 5 rings (SSSR count). The zero-order chi connectivity index (χ0) is 24.4. The molecule has 0 saturated carbocycles. The van der Waals surface area contributed by atoms with E-state index >= 15 is 0 Å². The lowest BCUT2D eigenvalue weighted by Crippen LogP contribution is -2.28. The maximum atomic E-state index is 9.93. The van der Waals surface area contributed by atoms with Crippen LogP contribution in [0.4, 0.5) is 5.69 Å². The van der Waals surface area contributed by atoms with Crippen LogP contribution in [0.2, 0.25) is 0 Å². The minimum atomic E-state index is -0.123. The number of benzene rings is 2. The number of para-hydroxylation sites is 1. The molecule has 0 fully saturated rings. The summed E-state index contributed by atoms with van der Waals surface area (Å²) in [6.45, 7) is 5.97. The molecule has 2 aromatic carbocycles. The zero-order valence-electron chi connectivity index (χ0n) is 20.4. The summed E-state index contributed by atoms with van der Waals surface area (Å²) in [6, 6.07) is 13.9. The molecule has 0 saturated heterocycles. The number of aromatic hydroxyl groups is 1. The standard InChI is InChI=1S/C29H30N4O2/c1-29(2)24-10-3-4-11-25(24)33(17-6-5-16-31-32-30)27(29)15-13-20-8-7-9-22-18-21-12-14-23(34)19-26(21)35-28(20)22/h3-4,10-15,18-19H,5-9,16-17H2,1-2H3/p+1. The normalized spacial score (nSPS) is 17.9. The second kappa shape index (κ2) is 9.47. The number of hydrogen-bond acceptors (Lipinski definition) is 3. The Morgan fingerprint density at radius 2 is 2.00 bits per heavy atom. The lowest BCUT2D eigenvalue weighted by molar-refractivity contribution is -0.438. The van der Waals surface area contributed by atoms with Crippen molar-refractivity contribution in [2.24, 2.45) is 5.11 Å². The third-order valence-corrected chi connectivity index (χ3v) is 7.21. The van der Waals surface area contributed by atoms with Crippen molar-refractivity contribution >= 4 is 17.5 Å². The minimum absolute atomic E-state index is 0.123. The fraction of sp³-hybridized carbons (Fsp3) is 0.345. The summed E-state index contributed by atoms with van der Waals surface area (Å²) in [7, 11) is 0. The van der Waals surface area contributed by atoms with E-state index in [1.54, 1.807) is 12.1 Å². The van der Waals surface area contributed by atoms with Gasteiger partial charge in [0.15, 0.2) is 5.71 Å². The van der Waals surface area contributed by atoms with E-state index in [4.69, 9.17) is 10.3 Å². The van der Waals surface area contributed by atoms with Gasteiger partial charge in [0.25, 0.3) is 0 Å². The number of rotatable bonds is 7. The first kappa shape index (κ1) is 23.0. The average molecular weight is 468 g/mol. The minimum Gasteiger partial charge on any atom is -0.508 e. The van der Waals surface area contributed by atoms with E-state index in [-0.39, 0.29) is 11.2 Å². The number of ether oxygens (including phenoxy) is 1. The first-order valence-electron chi connectivity index (χ1n) is 12.4.